The van der Waals surface area contributed by atoms with Crippen molar-refractivity contribution in [2.24, 2.45) is 0 Å². The van der Waals surface area contributed by atoms with Gasteiger partial charge in [0, 0.05) is 23.2 Å². The molecule has 0 saturated carbocycles. The van der Waals surface area contributed by atoms with Crippen LogP contribution >= 0.6 is 22.9 Å². The van der Waals surface area contributed by atoms with E-state index < -0.39 is 10.0 Å². The standard InChI is InChI=1S/C35H35ClN4O4S2/c1-44-31-16-10-9-15-27(31)23-29(21-22-30(24-11-5-3-6-12-24)25-13-7-4-8-14-25)37-34(41)39-35-38-32(33(36)45-35)26-17-19-28(20-18-26)40-46(2,42)43/h3-20,29-30,40H,21-23H2,1-2H3,(H2,37,38,39,41). The molecule has 1 heterocycles. The summed E-state index contributed by atoms with van der Waals surface area (Å²) in [4.78, 5) is 17.9. The number of hydrogen-bond donors (Lipinski definition) is 3. The second kappa shape index (κ2) is 15.3. The third-order valence-corrected chi connectivity index (χ3v) is 9.25. The second-order valence-corrected chi connectivity index (χ2v) is 14.2. The molecule has 2 amide bonds. The van der Waals surface area contributed by atoms with Crippen molar-refractivity contribution in [3.63, 3.8) is 0 Å². The lowest BCUT2D eigenvalue weighted by atomic mass is 9.85. The Balaban J connectivity index is 1.32. The van der Waals surface area contributed by atoms with Gasteiger partial charge >= 0.3 is 6.03 Å². The van der Waals surface area contributed by atoms with Crippen molar-refractivity contribution in [1.29, 1.82) is 0 Å². The van der Waals surface area contributed by atoms with E-state index in [2.05, 4.69) is 68.9 Å². The molecule has 0 spiro atoms. The zero-order valence-electron chi connectivity index (χ0n) is 25.4. The molecule has 0 radical (unpaired) electrons. The summed E-state index contributed by atoms with van der Waals surface area (Å²) in [5, 5.41) is 6.38. The van der Waals surface area contributed by atoms with E-state index in [-0.39, 0.29) is 18.0 Å². The summed E-state index contributed by atoms with van der Waals surface area (Å²) < 4.78 is 31.5. The van der Waals surface area contributed by atoms with Crippen LogP contribution in [0.2, 0.25) is 4.34 Å². The van der Waals surface area contributed by atoms with Gasteiger partial charge in [-0.25, -0.2) is 18.2 Å². The quantitative estimate of drug-likeness (QED) is 0.117. The van der Waals surface area contributed by atoms with Gasteiger partial charge in [-0.1, -0.05) is 114 Å². The first-order valence-corrected chi connectivity index (χ1v) is 17.8. The number of hydrogen-bond acceptors (Lipinski definition) is 6. The first kappa shape index (κ1) is 33.0. The number of urea groups is 1. The Morgan fingerprint density at radius 3 is 2.09 bits per heavy atom. The molecule has 1 unspecified atom stereocenters. The highest BCUT2D eigenvalue weighted by atomic mass is 35.5. The molecule has 11 heteroatoms. The van der Waals surface area contributed by atoms with E-state index in [9.17, 15) is 13.2 Å². The van der Waals surface area contributed by atoms with Crippen molar-refractivity contribution in [3.8, 4) is 17.0 Å². The summed E-state index contributed by atoms with van der Waals surface area (Å²) in [7, 11) is -1.75. The maximum absolute atomic E-state index is 13.4. The molecular weight excluding hydrogens is 640 g/mol. The number of aromatic nitrogens is 1. The van der Waals surface area contributed by atoms with Crippen LogP contribution in [0.15, 0.2) is 109 Å². The molecule has 5 aromatic rings. The lowest BCUT2D eigenvalue weighted by molar-refractivity contribution is 0.247. The van der Waals surface area contributed by atoms with Gasteiger partial charge in [0.2, 0.25) is 10.0 Å². The monoisotopic (exact) mass is 674 g/mol. The fraction of sp³-hybridized carbons (Fsp3) is 0.200. The number of nitrogens with one attached hydrogen (secondary N) is 3. The third kappa shape index (κ3) is 9.09. The van der Waals surface area contributed by atoms with Crippen LogP contribution in [-0.4, -0.2) is 38.8 Å². The molecule has 8 nitrogen and oxygen atoms in total. The first-order chi connectivity index (χ1) is 22.2. The number of rotatable bonds is 13. The van der Waals surface area contributed by atoms with Crippen molar-refractivity contribution < 1.29 is 17.9 Å². The van der Waals surface area contributed by atoms with Crippen molar-refractivity contribution in [3.05, 3.63) is 130 Å². The van der Waals surface area contributed by atoms with Gasteiger partial charge in [-0.05, 0) is 54.2 Å². The molecule has 46 heavy (non-hydrogen) atoms. The maximum atomic E-state index is 13.4. The van der Waals surface area contributed by atoms with Crippen molar-refractivity contribution >= 4 is 49.8 Å². The fourth-order valence-electron chi connectivity index (χ4n) is 5.39. The molecule has 0 bridgehead atoms. The van der Waals surface area contributed by atoms with E-state index in [4.69, 9.17) is 16.3 Å². The van der Waals surface area contributed by atoms with Gasteiger partial charge in [0.05, 0.1) is 13.4 Å². The van der Waals surface area contributed by atoms with Crippen molar-refractivity contribution in [2.45, 2.75) is 31.2 Å². The predicted molar refractivity (Wildman–Crippen MR) is 188 cm³/mol. The molecule has 0 fully saturated rings. The first-order valence-electron chi connectivity index (χ1n) is 14.7. The predicted octanol–water partition coefficient (Wildman–Crippen LogP) is 8.19. The van der Waals surface area contributed by atoms with E-state index in [1.54, 1.807) is 31.4 Å². The minimum Gasteiger partial charge on any atom is -0.496 e. The van der Waals surface area contributed by atoms with Crippen LogP contribution in [0.3, 0.4) is 0 Å². The molecule has 0 aliphatic rings. The number of nitrogens with zero attached hydrogens (tertiary/aromatic N) is 1. The molecule has 3 N–H and O–H groups in total. The second-order valence-electron chi connectivity index (χ2n) is 10.9. The van der Waals surface area contributed by atoms with Gasteiger partial charge < -0.3 is 10.1 Å². The van der Waals surface area contributed by atoms with E-state index in [0.29, 0.717) is 39.3 Å². The Kier molecular flexibility index (Phi) is 11.0. The molecule has 1 aromatic heterocycles. The highest BCUT2D eigenvalue weighted by molar-refractivity contribution is 7.92. The van der Waals surface area contributed by atoms with Gasteiger partial charge in [0.1, 0.15) is 15.8 Å². The summed E-state index contributed by atoms with van der Waals surface area (Å²) in [6.45, 7) is 0. The summed E-state index contributed by atoms with van der Waals surface area (Å²) in [5.41, 5.74) is 5.05. The molecule has 238 valence electrons. The highest BCUT2D eigenvalue weighted by Crippen LogP contribution is 2.36. The summed E-state index contributed by atoms with van der Waals surface area (Å²) in [6.07, 6.45) is 3.18. The SMILES string of the molecule is COc1ccccc1CC(CCC(c1ccccc1)c1ccccc1)NC(=O)Nc1nc(-c2ccc(NS(C)(=O)=O)cc2)c(Cl)s1. The molecule has 0 saturated heterocycles. The van der Waals surface area contributed by atoms with E-state index in [0.717, 1.165) is 35.3 Å². The molecule has 0 aliphatic carbocycles. The Morgan fingerprint density at radius 1 is 0.870 bits per heavy atom. The third-order valence-electron chi connectivity index (χ3n) is 7.47. The fourth-order valence-corrected chi connectivity index (χ4v) is 7.03. The van der Waals surface area contributed by atoms with Gasteiger partial charge in [-0.15, -0.1) is 0 Å². The summed E-state index contributed by atoms with van der Waals surface area (Å²) in [5.74, 6) is 0.929. The number of halogens is 1. The lowest BCUT2D eigenvalue weighted by Crippen LogP contribution is -2.39. The van der Waals surface area contributed by atoms with E-state index in [1.807, 2.05) is 36.4 Å². The normalized spacial score (nSPS) is 12.0. The maximum Gasteiger partial charge on any atom is 0.321 e. The number of ether oxygens (including phenoxy) is 1. The highest BCUT2D eigenvalue weighted by Gasteiger charge is 2.21. The number of anilines is 2. The van der Waals surface area contributed by atoms with Crippen molar-refractivity contribution in [2.75, 3.05) is 23.4 Å². The number of benzene rings is 4. The zero-order chi connectivity index (χ0) is 32.5. The number of methoxy groups -OCH3 is 1. The number of carbonyl (C=O) groups excluding carboxylic acids is 1. The average Bonchev–Trinajstić information content (AvgIpc) is 3.41. The van der Waals surface area contributed by atoms with Gasteiger partial charge in [-0.2, -0.15) is 0 Å². The van der Waals surface area contributed by atoms with Crippen LogP contribution in [0.1, 0.15) is 35.4 Å². The van der Waals surface area contributed by atoms with Crippen LogP contribution in [0.5, 0.6) is 5.75 Å². The smallest absolute Gasteiger partial charge is 0.321 e. The Bertz CT molecular complexity index is 1810. The number of amides is 2. The molecule has 1 atom stereocenters. The molecule has 5 rings (SSSR count). The Hall–Kier alpha value is -4.38. The van der Waals surface area contributed by atoms with Gasteiger partial charge in [0.25, 0.3) is 0 Å². The molecule has 0 aliphatic heterocycles. The van der Waals surface area contributed by atoms with Crippen molar-refractivity contribution in [1.82, 2.24) is 10.3 Å². The van der Waals surface area contributed by atoms with Gasteiger partial charge in [0.15, 0.2) is 5.13 Å². The Morgan fingerprint density at radius 2 is 1.48 bits per heavy atom. The van der Waals surface area contributed by atoms with Crippen LogP contribution in [0.25, 0.3) is 11.3 Å². The number of sulfonamides is 1. The van der Waals surface area contributed by atoms with Crippen LogP contribution in [0.4, 0.5) is 15.6 Å². The number of para-hydroxylation sites is 1. The summed E-state index contributed by atoms with van der Waals surface area (Å²) in [6, 6.07) is 34.8. The molecule has 4 aromatic carbocycles. The van der Waals surface area contributed by atoms with Crippen LogP contribution < -0.4 is 20.1 Å². The van der Waals surface area contributed by atoms with E-state index >= 15 is 0 Å². The largest absolute Gasteiger partial charge is 0.496 e. The topological polar surface area (TPSA) is 109 Å². The van der Waals surface area contributed by atoms with Crippen LogP contribution in [0, 0.1) is 0 Å². The number of thiazole rings is 1. The van der Waals surface area contributed by atoms with Crippen LogP contribution in [-0.2, 0) is 16.4 Å². The summed E-state index contributed by atoms with van der Waals surface area (Å²) >= 11 is 7.67. The Labute approximate surface area is 278 Å². The number of carbonyl (C=O) groups is 1. The minimum absolute atomic E-state index is 0.159. The minimum atomic E-state index is -3.40. The zero-order valence-corrected chi connectivity index (χ0v) is 27.8. The molecular formula is C35H35ClN4O4S2. The lowest BCUT2D eigenvalue weighted by Gasteiger charge is -2.24. The average molecular weight is 675 g/mol. The van der Waals surface area contributed by atoms with E-state index in [1.165, 1.54) is 11.1 Å². The van der Waals surface area contributed by atoms with Gasteiger partial charge in [-0.3, -0.25) is 10.0 Å².